The van der Waals surface area contributed by atoms with Crippen molar-refractivity contribution in [3.05, 3.63) is 41.2 Å². The molecule has 0 spiro atoms. The Kier molecular flexibility index (Phi) is 3.74. The van der Waals surface area contributed by atoms with Crippen LogP contribution in [0, 0.1) is 6.92 Å². The van der Waals surface area contributed by atoms with E-state index in [4.69, 9.17) is 0 Å². The summed E-state index contributed by atoms with van der Waals surface area (Å²) in [7, 11) is 0. The van der Waals surface area contributed by atoms with Crippen molar-refractivity contribution in [2.24, 2.45) is 9.98 Å². The van der Waals surface area contributed by atoms with Crippen molar-refractivity contribution in [3.8, 4) is 5.75 Å². The van der Waals surface area contributed by atoms with Crippen LogP contribution in [0.1, 0.15) is 16.8 Å². The Bertz CT molecular complexity index is 879. The second-order valence-corrected chi connectivity index (χ2v) is 6.63. The molecule has 0 atom stereocenters. The number of hydrogen-bond acceptors (Lipinski definition) is 7. The highest BCUT2D eigenvalue weighted by atomic mass is 32.2. The van der Waals surface area contributed by atoms with Gasteiger partial charge in [-0.15, -0.1) is 0 Å². The molecule has 2 aliphatic heterocycles. The van der Waals surface area contributed by atoms with Crippen molar-refractivity contribution in [2.75, 3.05) is 18.0 Å². The van der Waals surface area contributed by atoms with E-state index < -0.39 is 0 Å². The molecule has 3 heterocycles. The maximum absolute atomic E-state index is 10.2. The molecule has 2 aromatic rings. The quantitative estimate of drug-likeness (QED) is 0.840. The summed E-state index contributed by atoms with van der Waals surface area (Å²) in [5.74, 6) is 0.0518. The minimum absolute atomic E-state index is 0.0518. The van der Waals surface area contributed by atoms with Gasteiger partial charge in [-0.2, -0.15) is 0 Å². The van der Waals surface area contributed by atoms with Gasteiger partial charge in [-0.25, -0.2) is 0 Å². The van der Waals surface area contributed by atoms with Crippen molar-refractivity contribution >= 4 is 34.5 Å². The van der Waals surface area contributed by atoms with E-state index in [2.05, 4.69) is 19.9 Å². The number of amidine groups is 1. The van der Waals surface area contributed by atoms with Crippen LogP contribution in [0.5, 0.6) is 5.75 Å². The van der Waals surface area contributed by atoms with E-state index in [1.807, 2.05) is 18.2 Å². The van der Waals surface area contributed by atoms with Gasteiger partial charge in [-0.1, -0.05) is 0 Å². The minimum Gasteiger partial charge on any atom is -0.505 e. The lowest BCUT2D eigenvalue weighted by molar-refractivity contribution is 0.280. The van der Waals surface area contributed by atoms with Gasteiger partial charge in [0.05, 0.1) is 30.2 Å². The summed E-state index contributed by atoms with van der Waals surface area (Å²) in [5, 5.41) is 20.7. The fourth-order valence-corrected chi connectivity index (χ4v) is 3.84. The first-order chi connectivity index (χ1) is 11.7. The van der Waals surface area contributed by atoms with E-state index in [0.29, 0.717) is 16.8 Å². The summed E-state index contributed by atoms with van der Waals surface area (Å²) in [6.07, 6.45) is 3.14. The first-order valence-corrected chi connectivity index (χ1v) is 8.45. The summed E-state index contributed by atoms with van der Waals surface area (Å²) >= 11 is 1.68. The number of fused-ring (bicyclic) bond motifs is 3. The van der Waals surface area contributed by atoms with Crippen LogP contribution in [0.3, 0.4) is 0 Å². The number of aryl methyl sites for hydroxylation is 1. The number of aromatic hydroxyl groups is 1. The van der Waals surface area contributed by atoms with Crippen LogP contribution < -0.4 is 4.90 Å². The molecule has 7 heteroatoms. The number of nitrogens with zero attached hydrogens (tertiary/aromatic N) is 4. The summed E-state index contributed by atoms with van der Waals surface area (Å²) in [6, 6.07) is 6.00. The molecule has 122 valence electrons. The molecule has 0 aliphatic carbocycles. The van der Waals surface area contributed by atoms with Crippen molar-refractivity contribution in [3.63, 3.8) is 0 Å². The summed E-state index contributed by atoms with van der Waals surface area (Å²) in [5.41, 5.74) is 3.48. The second kappa shape index (κ2) is 5.92. The number of hydrogen-bond donors (Lipinski definition) is 2. The number of thioether (sulfide) groups is 1. The predicted molar refractivity (Wildman–Crippen MR) is 95.8 cm³/mol. The van der Waals surface area contributed by atoms with E-state index in [1.54, 1.807) is 31.1 Å². The Labute approximate surface area is 143 Å². The predicted octanol–water partition coefficient (Wildman–Crippen LogP) is 2.62. The van der Waals surface area contributed by atoms with Crippen molar-refractivity contribution in [1.82, 2.24) is 4.98 Å². The van der Waals surface area contributed by atoms with E-state index >= 15 is 0 Å². The number of rotatable bonds is 3. The Morgan fingerprint density at radius 1 is 1.42 bits per heavy atom. The van der Waals surface area contributed by atoms with Gasteiger partial charge in [0.25, 0.3) is 0 Å². The average Bonchev–Trinajstić information content (AvgIpc) is 3.17. The first-order valence-electron chi connectivity index (χ1n) is 7.63. The normalized spacial score (nSPS) is 15.8. The highest BCUT2D eigenvalue weighted by Gasteiger charge is 2.29. The van der Waals surface area contributed by atoms with Crippen LogP contribution in [0.25, 0.3) is 0 Å². The molecule has 0 saturated heterocycles. The molecule has 0 unspecified atom stereocenters. The number of pyridine rings is 1. The lowest BCUT2D eigenvalue weighted by Crippen LogP contribution is -2.20. The standard InChI is InChI=1S/C17H16N4O2S/c1-10-16(23)13(11(9-22)7-19-10)8-20-12-2-3-15-14(6-12)21-5-4-18-17(21)24-15/h2-3,6-8,22-23H,4-5,9H2,1H3. The third-order valence-corrected chi connectivity index (χ3v) is 5.20. The molecular formula is C17H16N4O2S. The van der Waals surface area contributed by atoms with Gasteiger partial charge in [0.2, 0.25) is 0 Å². The SMILES string of the molecule is Cc1ncc(CO)c(C=Nc2ccc3c(c2)N2CCN=C2S3)c1O. The van der Waals surface area contributed by atoms with E-state index in [0.717, 1.165) is 29.6 Å². The molecule has 0 radical (unpaired) electrons. The zero-order valence-corrected chi connectivity index (χ0v) is 13.9. The molecule has 0 amide bonds. The van der Waals surface area contributed by atoms with Gasteiger partial charge in [-0.3, -0.25) is 15.0 Å². The second-order valence-electron chi connectivity index (χ2n) is 5.62. The van der Waals surface area contributed by atoms with Gasteiger partial charge in [-0.05, 0) is 36.9 Å². The zero-order valence-electron chi connectivity index (χ0n) is 13.1. The molecule has 0 fully saturated rings. The first kappa shape index (κ1) is 15.2. The number of aliphatic imine (C=N–C) groups is 2. The smallest absolute Gasteiger partial charge is 0.168 e. The molecule has 1 aromatic heterocycles. The fraction of sp³-hybridized carbons (Fsp3) is 0.235. The van der Waals surface area contributed by atoms with Crippen LogP contribution >= 0.6 is 11.8 Å². The van der Waals surface area contributed by atoms with Gasteiger partial charge in [0, 0.05) is 35.0 Å². The summed E-state index contributed by atoms with van der Waals surface area (Å²) in [4.78, 5) is 16.4. The lowest BCUT2D eigenvalue weighted by atomic mass is 10.1. The third kappa shape index (κ3) is 2.46. The molecule has 4 rings (SSSR count). The fourth-order valence-electron chi connectivity index (χ4n) is 2.78. The molecule has 1 aromatic carbocycles. The minimum atomic E-state index is -0.198. The van der Waals surface area contributed by atoms with E-state index in [-0.39, 0.29) is 12.4 Å². The molecule has 2 N–H and O–H groups in total. The van der Waals surface area contributed by atoms with Crippen LogP contribution in [-0.2, 0) is 6.61 Å². The van der Waals surface area contributed by atoms with Gasteiger partial charge >= 0.3 is 0 Å². The maximum atomic E-state index is 10.2. The molecule has 6 nitrogen and oxygen atoms in total. The van der Waals surface area contributed by atoms with E-state index in [9.17, 15) is 10.2 Å². The molecule has 2 aliphatic rings. The van der Waals surface area contributed by atoms with Crippen LogP contribution in [-0.4, -0.2) is 39.7 Å². The zero-order chi connectivity index (χ0) is 16.7. The number of anilines is 1. The third-order valence-electron chi connectivity index (χ3n) is 4.11. The number of benzene rings is 1. The highest BCUT2D eigenvalue weighted by Crippen LogP contribution is 2.43. The van der Waals surface area contributed by atoms with Crippen LogP contribution in [0.4, 0.5) is 11.4 Å². The van der Waals surface area contributed by atoms with E-state index in [1.165, 1.54) is 4.90 Å². The molecular weight excluding hydrogens is 324 g/mol. The maximum Gasteiger partial charge on any atom is 0.168 e. The Hall–Kier alpha value is -2.38. The molecule has 0 bridgehead atoms. The molecule has 0 saturated carbocycles. The van der Waals surface area contributed by atoms with Gasteiger partial charge < -0.3 is 15.1 Å². The number of aliphatic hydroxyl groups excluding tert-OH is 1. The van der Waals surface area contributed by atoms with Crippen molar-refractivity contribution in [1.29, 1.82) is 0 Å². The summed E-state index contributed by atoms with van der Waals surface area (Å²) < 4.78 is 0. The average molecular weight is 340 g/mol. The van der Waals surface area contributed by atoms with Crippen LogP contribution in [0.15, 0.2) is 39.3 Å². The van der Waals surface area contributed by atoms with Crippen molar-refractivity contribution in [2.45, 2.75) is 18.4 Å². The topological polar surface area (TPSA) is 81.3 Å². The Balaban J connectivity index is 1.68. The van der Waals surface area contributed by atoms with Crippen LogP contribution in [0.2, 0.25) is 0 Å². The monoisotopic (exact) mass is 340 g/mol. The Morgan fingerprint density at radius 2 is 2.29 bits per heavy atom. The largest absolute Gasteiger partial charge is 0.505 e. The Morgan fingerprint density at radius 3 is 3.12 bits per heavy atom. The number of aromatic nitrogens is 1. The molecule has 24 heavy (non-hydrogen) atoms. The summed E-state index contributed by atoms with van der Waals surface area (Å²) in [6.45, 7) is 3.26. The van der Waals surface area contributed by atoms with Gasteiger partial charge in [0.15, 0.2) is 5.17 Å². The van der Waals surface area contributed by atoms with Crippen molar-refractivity contribution < 1.29 is 10.2 Å². The van der Waals surface area contributed by atoms with Gasteiger partial charge in [0.1, 0.15) is 5.75 Å². The highest BCUT2D eigenvalue weighted by molar-refractivity contribution is 8.14. The number of aliphatic hydroxyl groups is 1. The lowest BCUT2D eigenvalue weighted by Gasteiger charge is -2.12.